The lowest BCUT2D eigenvalue weighted by molar-refractivity contribution is 0.0696. The van der Waals surface area contributed by atoms with Crippen LogP contribution in [0.2, 0.25) is 5.02 Å². The predicted molar refractivity (Wildman–Crippen MR) is 294 cm³/mol. The number of aromatic carboxylic acids is 1. The molecule has 3 aliphatic heterocycles. The highest BCUT2D eigenvalue weighted by Crippen LogP contribution is 2.56. The summed E-state index contributed by atoms with van der Waals surface area (Å²) in [6, 6.07) is 38.8. The number of anilines is 4. The highest BCUT2D eigenvalue weighted by molar-refractivity contribution is 7.99. The first-order chi connectivity index (χ1) is 34.6. The van der Waals surface area contributed by atoms with Crippen molar-refractivity contribution >= 4 is 74.7 Å². The zero-order valence-electron chi connectivity index (χ0n) is 41.3. The van der Waals surface area contributed by atoms with Crippen molar-refractivity contribution in [1.29, 1.82) is 0 Å². The maximum atomic E-state index is 15.0. The molecule has 3 N–H and O–H groups in total. The number of carbonyl (C=O) groups is 1. The van der Waals surface area contributed by atoms with E-state index in [4.69, 9.17) is 16.1 Å². The number of piperidine rings is 1. The van der Waals surface area contributed by atoms with Crippen LogP contribution < -0.4 is 25.1 Å². The van der Waals surface area contributed by atoms with Gasteiger partial charge in [-0.3, -0.25) is 9.24 Å². The highest BCUT2D eigenvalue weighted by atomic mass is 35.5. The van der Waals surface area contributed by atoms with Crippen molar-refractivity contribution in [2.24, 2.45) is 0 Å². The molecule has 9 rings (SSSR count). The molecule has 0 radical (unpaired) electrons. The topological polar surface area (TPSA) is 148 Å². The third kappa shape index (κ3) is 11.3. The fraction of sp³-hybridized carbons (Fsp3) is 0.364. The van der Waals surface area contributed by atoms with E-state index >= 15 is 4.57 Å². The number of nitrogens with zero attached hydrogens (tertiary/aromatic N) is 5. The van der Waals surface area contributed by atoms with Crippen LogP contribution in [0, 0.1) is 6.92 Å². The Morgan fingerprint density at radius 3 is 2.14 bits per heavy atom. The Kier molecular flexibility index (Phi) is 15.8. The number of thioether (sulfide) groups is 1. The van der Waals surface area contributed by atoms with Crippen molar-refractivity contribution in [1.82, 2.24) is 9.47 Å². The number of benzene rings is 5. The summed E-state index contributed by atoms with van der Waals surface area (Å²) in [5.74, 6) is -0.259. The first-order valence-corrected chi connectivity index (χ1v) is 29.6. The molecule has 0 spiro atoms. The van der Waals surface area contributed by atoms with Crippen molar-refractivity contribution in [2.45, 2.75) is 68.0 Å². The summed E-state index contributed by atoms with van der Waals surface area (Å²) < 4.78 is 52.0. The van der Waals surface area contributed by atoms with Crippen molar-refractivity contribution in [2.75, 3.05) is 90.8 Å². The second-order valence-corrected chi connectivity index (χ2v) is 25.1. The predicted octanol–water partition coefficient (Wildman–Crippen LogP) is 10.6. The van der Waals surface area contributed by atoms with E-state index in [0.717, 1.165) is 104 Å². The summed E-state index contributed by atoms with van der Waals surface area (Å²) in [6.45, 7) is 12.1. The molecule has 6 aromatic rings. The van der Waals surface area contributed by atoms with Gasteiger partial charge in [-0.1, -0.05) is 54.1 Å². The van der Waals surface area contributed by atoms with Crippen LogP contribution in [0.4, 0.5) is 22.7 Å². The second-order valence-electron chi connectivity index (χ2n) is 19.3. The number of piperazine rings is 1. The number of likely N-dealkylation sites (tertiary alicyclic amines) is 1. The van der Waals surface area contributed by atoms with Gasteiger partial charge in [-0.25, -0.2) is 13.2 Å². The van der Waals surface area contributed by atoms with Gasteiger partial charge in [-0.05, 0) is 130 Å². The Morgan fingerprint density at radius 1 is 0.819 bits per heavy atom. The molecule has 72 heavy (non-hydrogen) atoms. The molecule has 5 aromatic carbocycles. The molecule has 0 saturated carbocycles. The number of aliphatic hydroxyl groups excluding tert-OH is 1. The monoisotopic (exact) mass is 1050 g/mol. The summed E-state index contributed by atoms with van der Waals surface area (Å²) in [4.78, 5) is 21.2. The van der Waals surface area contributed by atoms with Crippen LogP contribution in [0.1, 0.15) is 55.2 Å². The Balaban J connectivity index is 0.896. The van der Waals surface area contributed by atoms with E-state index in [-0.39, 0.29) is 29.7 Å². The van der Waals surface area contributed by atoms with Gasteiger partial charge in [0.05, 0.1) is 46.4 Å². The van der Waals surface area contributed by atoms with E-state index in [1.807, 2.05) is 85.8 Å². The number of aliphatic hydroxyl groups is 1. The molecule has 380 valence electrons. The SMILES string of the molecule is Cc1c(C(=O)O)c(-c2cccc(N3CCN(c4ccc(N5CCO[P@]5(=O)c5ccc(N[C@H](CCN6CCC(O)CC6)CSc6ccccc6)c(S(C)(=O)=O)c5)cc4)CC3)c2)c(-c2ccc(Cl)cc2)n1C(C)C. The van der Waals surface area contributed by atoms with E-state index in [1.165, 1.54) is 12.3 Å². The summed E-state index contributed by atoms with van der Waals surface area (Å²) >= 11 is 8.00. The highest BCUT2D eigenvalue weighted by Gasteiger charge is 2.41. The average molecular weight is 1050 g/mol. The number of carboxylic acids is 1. The van der Waals surface area contributed by atoms with Gasteiger partial charge >= 0.3 is 13.5 Å². The van der Waals surface area contributed by atoms with Crippen molar-refractivity contribution in [3.05, 3.63) is 138 Å². The lowest BCUT2D eigenvalue weighted by atomic mass is 9.96. The van der Waals surface area contributed by atoms with E-state index in [2.05, 4.69) is 62.7 Å². The number of nitrogens with one attached hydrogen (secondary N) is 1. The number of hydrogen-bond acceptors (Lipinski definition) is 11. The molecule has 0 amide bonds. The summed E-state index contributed by atoms with van der Waals surface area (Å²) in [7, 11) is -7.46. The van der Waals surface area contributed by atoms with Gasteiger partial charge in [-0.2, -0.15) is 0 Å². The minimum atomic E-state index is -3.76. The largest absolute Gasteiger partial charge is 0.478 e. The summed E-state index contributed by atoms with van der Waals surface area (Å²) in [5.41, 5.74) is 7.50. The van der Waals surface area contributed by atoms with Crippen molar-refractivity contribution < 1.29 is 32.5 Å². The number of sulfone groups is 1. The lowest BCUT2D eigenvalue weighted by Gasteiger charge is -2.37. The maximum absolute atomic E-state index is 15.0. The van der Waals surface area contributed by atoms with Crippen LogP contribution in [0.15, 0.2) is 131 Å². The molecule has 3 saturated heterocycles. The van der Waals surface area contributed by atoms with Gasteiger partial charge < -0.3 is 39.3 Å². The summed E-state index contributed by atoms with van der Waals surface area (Å²) in [6.07, 6.45) is 3.20. The van der Waals surface area contributed by atoms with E-state index in [9.17, 15) is 23.4 Å². The normalized spacial score (nSPS) is 18.5. The maximum Gasteiger partial charge on any atom is 0.338 e. The molecule has 0 bridgehead atoms. The van der Waals surface area contributed by atoms with Gasteiger partial charge in [0.1, 0.15) is 0 Å². The first-order valence-electron chi connectivity index (χ1n) is 24.7. The molecule has 0 unspecified atom stereocenters. The van der Waals surface area contributed by atoms with Crippen molar-refractivity contribution in [3.8, 4) is 22.4 Å². The minimum Gasteiger partial charge on any atom is -0.478 e. The van der Waals surface area contributed by atoms with Gasteiger partial charge in [0, 0.05) is 108 Å². The number of carboxylic acid groups (broad SMARTS) is 1. The Morgan fingerprint density at radius 2 is 1.49 bits per heavy atom. The van der Waals surface area contributed by atoms with Gasteiger partial charge in [-0.15, -0.1) is 11.8 Å². The van der Waals surface area contributed by atoms with E-state index in [0.29, 0.717) is 45.1 Å². The minimum absolute atomic E-state index is 0.0173. The molecule has 0 aliphatic carbocycles. The van der Waals surface area contributed by atoms with Crippen LogP contribution >= 0.6 is 30.9 Å². The smallest absolute Gasteiger partial charge is 0.338 e. The second kappa shape index (κ2) is 22.1. The fourth-order valence-electron chi connectivity index (χ4n) is 10.4. The molecule has 4 heterocycles. The van der Waals surface area contributed by atoms with Crippen LogP contribution in [0.3, 0.4) is 0 Å². The number of aromatic nitrogens is 1. The zero-order valence-corrected chi connectivity index (χ0v) is 44.6. The molecular formula is C55H64ClN6O7PS2. The van der Waals surface area contributed by atoms with Gasteiger partial charge in [0.2, 0.25) is 0 Å². The molecule has 1 aromatic heterocycles. The van der Waals surface area contributed by atoms with Crippen LogP contribution in [0.5, 0.6) is 0 Å². The number of rotatable bonds is 17. The average Bonchev–Trinajstić information content (AvgIpc) is 3.93. The molecule has 17 heteroatoms. The number of halogens is 1. The Bertz CT molecular complexity index is 3030. The summed E-state index contributed by atoms with van der Waals surface area (Å²) in [5, 5.41) is 25.2. The first kappa shape index (κ1) is 51.6. The van der Waals surface area contributed by atoms with Gasteiger partial charge in [0.15, 0.2) is 9.84 Å². The molecule has 13 nitrogen and oxygen atoms in total. The molecule has 2 atom stereocenters. The molecule has 3 aliphatic rings. The van der Waals surface area contributed by atoms with Crippen molar-refractivity contribution in [3.63, 3.8) is 0 Å². The van der Waals surface area contributed by atoms with E-state index in [1.54, 1.807) is 28.6 Å². The fourth-order valence-corrected chi connectivity index (χ4v) is 14.7. The Hall–Kier alpha value is -5.25. The zero-order chi connectivity index (χ0) is 50.7. The number of hydrogen-bond donors (Lipinski definition) is 3. The standard InChI is InChI=1S/C55H64ClN6O7PS2/c1-38(2)62-39(3)52(55(64)65)53(54(62)40-13-15-42(56)16-14-40)41-9-8-10-46(35-41)60-31-29-59(30-32-60)44-17-19-45(20-18-44)61-33-34-69-70(61,66)48-21-22-50(51(36-48)72(4,67)68)57-43(37-71-49-11-6-5-7-12-49)23-26-58-27-24-47(63)25-28-58/h5-22,35-36,38,43,47,57,63H,23-34,37H2,1-4H3,(H,64,65)/t43-,70-/m1/s1. The molecular weight excluding hydrogens is 987 g/mol. The van der Waals surface area contributed by atoms with Crippen LogP contribution in [-0.4, -0.2) is 117 Å². The molecule has 3 fully saturated rings. The third-order valence-electron chi connectivity index (χ3n) is 14.1. The van der Waals surface area contributed by atoms with Crippen LogP contribution in [0.25, 0.3) is 22.4 Å². The Labute approximate surface area is 433 Å². The third-order valence-corrected chi connectivity index (χ3v) is 19.2. The quantitative estimate of drug-likeness (QED) is 0.0589. The van der Waals surface area contributed by atoms with Gasteiger partial charge in [0.25, 0.3) is 0 Å². The lowest BCUT2D eigenvalue weighted by Crippen LogP contribution is -2.46. The van der Waals surface area contributed by atoms with E-state index < -0.39 is 23.3 Å². The van der Waals surface area contributed by atoms with Crippen LogP contribution in [-0.2, 0) is 18.9 Å².